The zero-order valence-electron chi connectivity index (χ0n) is 7.84. The lowest BCUT2D eigenvalue weighted by Gasteiger charge is -2.35. The van der Waals surface area contributed by atoms with E-state index in [1.165, 1.54) is 6.07 Å². The molecule has 2 nitrogen and oxygen atoms in total. The highest BCUT2D eigenvalue weighted by molar-refractivity contribution is 5.24. The third-order valence-electron chi connectivity index (χ3n) is 2.22. The van der Waals surface area contributed by atoms with E-state index in [2.05, 4.69) is 4.90 Å². The van der Waals surface area contributed by atoms with Crippen molar-refractivity contribution in [3.05, 3.63) is 29.8 Å². The van der Waals surface area contributed by atoms with Crippen LogP contribution in [0.2, 0.25) is 0 Å². The Bertz CT molecular complexity index is 337. The molecule has 1 aliphatic heterocycles. The van der Waals surface area contributed by atoms with Crippen molar-refractivity contribution in [3.8, 4) is 5.75 Å². The van der Waals surface area contributed by atoms with Gasteiger partial charge in [-0.3, -0.25) is 4.90 Å². The molecule has 0 unspecified atom stereocenters. The van der Waals surface area contributed by atoms with Gasteiger partial charge in [0, 0.05) is 19.2 Å². The van der Waals surface area contributed by atoms with Gasteiger partial charge < -0.3 is 4.74 Å². The smallest absolute Gasteiger partial charge is 0.162 e. The molecule has 1 aromatic rings. The summed E-state index contributed by atoms with van der Waals surface area (Å²) in [5, 5.41) is 0. The summed E-state index contributed by atoms with van der Waals surface area (Å²) in [5.74, 6) is -1.32. The second kappa shape index (κ2) is 3.53. The van der Waals surface area contributed by atoms with Crippen molar-refractivity contribution in [2.45, 2.75) is 6.10 Å². The number of likely N-dealkylation sites (N-methyl/N-ethyl adjacent to an activating group) is 1. The highest BCUT2D eigenvalue weighted by Gasteiger charge is 2.24. The number of benzene rings is 1. The Labute approximate surface area is 81.1 Å². The van der Waals surface area contributed by atoms with Crippen molar-refractivity contribution in [3.63, 3.8) is 0 Å². The zero-order valence-corrected chi connectivity index (χ0v) is 7.84. The molecule has 0 aromatic heterocycles. The number of rotatable bonds is 2. The van der Waals surface area contributed by atoms with Crippen LogP contribution >= 0.6 is 0 Å². The summed E-state index contributed by atoms with van der Waals surface area (Å²) in [4.78, 5) is 2.09. The summed E-state index contributed by atoms with van der Waals surface area (Å²) in [6, 6.07) is 3.59. The van der Waals surface area contributed by atoms with Gasteiger partial charge in [0.15, 0.2) is 11.6 Å². The molecular formula is C10H11F2NO. The molecule has 14 heavy (non-hydrogen) atoms. The number of hydrogen-bond acceptors (Lipinski definition) is 2. The molecule has 0 spiro atoms. The van der Waals surface area contributed by atoms with Crippen LogP contribution in [0, 0.1) is 11.6 Å². The SMILES string of the molecule is CN1CC(Oc2ccc(F)c(F)c2)C1. The van der Waals surface area contributed by atoms with Crippen LogP contribution in [0.4, 0.5) is 8.78 Å². The van der Waals surface area contributed by atoms with E-state index < -0.39 is 11.6 Å². The molecule has 0 N–H and O–H groups in total. The first-order valence-corrected chi connectivity index (χ1v) is 4.45. The van der Waals surface area contributed by atoms with Crippen molar-refractivity contribution in [1.29, 1.82) is 0 Å². The maximum atomic E-state index is 12.8. The molecule has 0 atom stereocenters. The number of nitrogens with zero attached hydrogens (tertiary/aromatic N) is 1. The van der Waals surface area contributed by atoms with E-state index in [1.807, 2.05) is 7.05 Å². The molecule has 0 aliphatic carbocycles. The zero-order chi connectivity index (χ0) is 10.1. The quantitative estimate of drug-likeness (QED) is 0.718. The van der Waals surface area contributed by atoms with Gasteiger partial charge in [-0.15, -0.1) is 0 Å². The number of ether oxygens (including phenoxy) is 1. The fraction of sp³-hybridized carbons (Fsp3) is 0.400. The van der Waals surface area contributed by atoms with Gasteiger partial charge in [-0.1, -0.05) is 0 Å². The summed E-state index contributed by atoms with van der Waals surface area (Å²) in [6.07, 6.45) is 0.102. The van der Waals surface area contributed by atoms with Crippen LogP contribution in [0.5, 0.6) is 5.75 Å². The fourth-order valence-electron chi connectivity index (χ4n) is 1.46. The molecular weight excluding hydrogens is 188 g/mol. The van der Waals surface area contributed by atoms with Gasteiger partial charge in [0.2, 0.25) is 0 Å². The molecule has 1 aliphatic rings. The van der Waals surface area contributed by atoms with Crippen LogP contribution in [-0.2, 0) is 0 Å². The first-order chi connectivity index (χ1) is 6.65. The maximum absolute atomic E-state index is 12.8. The first kappa shape index (κ1) is 9.40. The molecule has 1 fully saturated rings. The summed E-state index contributed by atoms with van der Waals surface area (Å²) in [7, 11) is 1.98. The van der Waals surface area contributed by atoms with Crippen LogP contribution in [0.15, 0.2) is 18.2 Å². The third kappa shape index (κ3) is 1.85. The highest BCUT2D eigenvalue weighted by atomic mass is 19.2. The molecule has 0 radical (unpaired) electrons. The second-order valence-electron chi connectivity index (χ2n) is 3.54. The average molecular weight is 199 g/mol. The molecule has 2 rings (SSSR count). The summed E-state index contributed by atoms with van der Waals surface area (Å²) in [6.45, 7) is 1.66. The summed E-state index contributed by atoms with van der Waals surface area (Å²) < 4.78 is 30.7. The van der Waals surface area contributed by atoms with Crippen molar-refractivity contribution in [2.75, 3.05) is 20.1 Å². The Morgan fingerprint density at radius 1 is 1.29 bits per heavy atom. The molecule has 0 bridgehead atoms. The Balaban J connectivity index is 2.00. The topological polar surface area (TPSA) is 12.5 Å². The van der Waals surface area contributed by atoms with E-state index in [1.54, 1.807) is 0 Å². The fourth-order valence-corrected chi connectivity index (χ4v) is 1.46. The highest BCUT2D eigenvalue weighted by Crippen LogP contribution is 2.19. The lowest BCUT2D eigenvalue weighted by atomic mass is 10.2. The summed E-state index contributed by atoms with van der Waals surface area (Å²) >= 11 is 0. The van der Waals surface area contributed by atoms with Gasteiger partial charge in [-0.25, -0.2) is 8.78 Å². The van der Waals surface area contributed by atoms with E-state index >= 15 is 0 Å². The lowest BCUT2D eigenvalue weighted by molar-refractivity contribution is 0.0385. The van der Waals surface area contributed by atoms with Crippen LogP contribution < -0.4 is 4.74 Å². The maximum Gasteiger partial charge on any atom is 0.162 e. The molecule has 0 saturated carbocycles. The van der Waals surface area contributed by atoms with Gasteiger partial charge in [-0.2, -0.15) is 0 Å². The summed E-state index contributed by atoms with van der Waals surface area (Å²) in [5.41, 5.74) is 0. The van der Waals surface area contributed by atoms with Gasteiger partial charge in [0.05, 0.1) is 0 Å². The second-order valence-corrected chi connectivity index (χ2v) is 3.54. The van der Waals surface area contributed by atoms with Crippen molar-refractivity contribution < 1.29 is 13.5 Å². The molecule has 1 heterocycles. The Hall–Kier alpha value is -1.16. The average Bonchev–Trinajstić information content (AvgIpc) is 2.09. The molecule has 0 amide bonds. The monoisotopic (exact) mass is 199 g/mol. The Kier molecular flexibility index (Phi) is 2.37. The molecule has 1 saturated heterocycles. The first-order valence-electron chi connectivity index (χ1n) is 4.45. The van der Waals surface area contributed by atoms with Gasteiger partial charge in [0.25, 0.3) is 0 Å². The van der Waals surface area contributed by atoms with Crippen LogP contribution in [0.3, 0.4) is 0 Å². The van der Waals surface area contributed by atoms with Crippen LogP contribution in [-0.4, -0.2) is 31.1 Å². The molecule has 76 valence electrons. The number of likely N-dealkylation sites (tertiary alicyclic amines) is 1. The van der Waals surface area contributed by atoms with E-state index in [-0.39, 0.29) is 6.10 Å². The molecule has 1 aromatic carbocycles. The predicted molar refractivity (Wildman–Crippen MR) is 48.3 cm³/mol. The van der Waals surface area contributed by atoms with Crippen molar-refractivity contribution in [1.82, 2.24) is 4.90 Å². The Morgan fingerprint density at radius 2 is 2.00 bits per heavy atom. The third-order valence-corrected chi connectivity index (χ3v) is 2.22. The standard InChI is InChI=1S/C10H11F2NO/c1-13-5-8(6-13)14-7-2-3-9(11)10(12)4-7/h2-4,8H,5-6H2,1H3. The van der Waals surface area contributed by atoms with E-state index in [4.69, 9.17) is 4.74 Å². The minimum atomic E-state index is -0.866. The van der Waals surface area contributed by atoms with E-state index in [0.717, 1.165) is 25.2 Å². The van der Waals surface area contributed by atoms with E-state index in [9.17, 15) is 8.78 Å². The number of halogens is 2. The minimum absolute atomic E-state index is 0.102. The van der Waals surface area contributed by atoms with Crippen molar-refractivity contribution in [2.24, 2.45) is 0 Å². The minimum Gasteiger partial charge on any atom is -0.488 e. The van der Waals surface area contributed by atoms with Gasteiger partial charge in [-0.05, 0) is 19.2 Å². The lowest BCUT2D eigenvalue weighted by Crippen LogP contribution is -2.51. The Morgan fingerprint density at radius 3 is 2.57 bits per heavy atom. The van der Waals surface area contributed by atoms with Crippen molar-refractivity contribution >= 4 is 0 Å². The van der Waals surface area contributed by atoms with Gasteiger partial charge in [0.1, 0.15) is 11.9 Å². The predicted octanol–water partition coefficient (Wildman–Crippen LogP) is 1.66. The largest absolute Gasteiger partial charge is 0.488 e. The normalized spacial score (nSPS) is 17.9. The molecule has 4 heteroatoms. The van der Waals surface area contributed by atoms with E-state index in [0.29, 0.717) is 5.75 Å². The van der Waals surface area contributed by atoms with Crippen LogP contribution in [0.25, 0.3) is 0 Å². The van der Waals surface area contributed by atoms with Crippen LogP contribution in [0.1, 0.15) is 0 Å². The van der Waals surface area contributed by atoms with Gasteiger partial charge >= 0.3 is 0 Å². The number of hydrogen-bond donors (Lipinski definition) is 0.